The Labute approximate surface area is 116 Å². The first-order chi connectivity index (χ1) is 9.86. The lowest BCUT2D eigenvalue weighted by molar-refractivity contribution is -0.137. The summed E-state index contributed by atoms with van der Waals surface area (Å²) in [6.07, 6.45) is -4.58. The van der Waals surface area contributed by atoms with E-state index in [0.717, 1.165) is 6.07 Å². The summed E-state index contributed by atoms with van der Waals surface area (Å²) in [5.41, 5.74) is 5.21. The number of oxazole rings is 1. The number of nitrogens with two attached hydrogens (primary N) is 1. The summed E-state index contributed by atoms with van der Waals surface area (Å²) >= 11 is 0. The van der Waals surface area contributed by atoms with Crippen LogP contribution in [0.3, 0.4) is 0 Å². The van der Waals surface area contributed by atoms with Crippen LogP contribution in [0.5, 0.6) is 0 Å². The molecule has 0 radical (unpaired) electrons. The number of aromatic nitrogens is 1. The standard InChI is InChI=1S/C14H8F4N2O/c15-9-5-4-7(14(16,17)18)6-8(9)13-20-12-10(19)2-1-3-11(12)21-13/h1-6H,19H2. The quantitative estimate of drug-likeness (QED) is 0.540. The molecule has 0 fully saturated rings. The molecule has 7 heteroatoms. The van der Waals surface area contributed by atoms with Crippen molar-refractivity contribution in [2.45, 2.75) is 6.18 Å². The van der Waals surface area contributed by atoms with Gasteiger partial charge in [-0.25, -0.2) is 9.37 Å². The van der Waals surface area contributed by atoms with Crippen molar-refractivity contribution in [1.82, 2.24) is 4.98 Å². The first-order valence-electron chi connectivity index (χ1n) is 5.88. The van der Waals surface area contributed by atoms with Crippen LogP contribution in [0.15, 0.2) is 40.8 Å². The molecule has 1 aromatic heterocycles. The Kier molecular flexibility index (Phi) is 2.86. The van der Waals surface area contributed by atoms with Gasteiger partial charge in [0.05, 0.1) is 16.8 Å². The number of alkyl halides is 3. The lowest BCUT2D eigenvalue weighted by Gasteiger charge is -2.07. The van der Waals surface area contributed by atoms with Gasteiger partial charge in [-0.3, -0.25) is 0 Å². The summed E-state index contributed by atoms with van der Waals surface area (Å²) in [7, 11) is 0. The first kappa shape index (κ1) is 13.4. The molecule has 2 aromatic carbocycles. The Morgan fingerprint density at radius 2 is 1.86 bits per heavy atom. The fourth-order valence-electron chi connectivity index (χ4n) is 1.95. The Balaban J connectivity index is 2.20. The smallest absolute Gasteiger partial charge is 0.416 e. The number of anilines is 1. The minimum atomic E-state index is -4.58. The fourth-order valence-corrected chi connectivity index (χ4v) is 1.95. The molecule has 3 rings (SSSR count). The predicted octanol–water partition coefficient (Wildman–Crippen LogP) is 4.23. The van der Waals surface area contributed by atoms with Gasteiger partial charge in [0.15, 0.2) is 5.58 Å². The summed E-state index contributed by atoms with van der Waals surface area (Å²) in [5.74, 6) is -1.10. The Hall–Kier alpha value is -2.57. The van der Waals surface area contributed by atoms with E-state index in [1.54, 1.807) is 18.2 Å². The van der Waals surface area contributed by atoms with E-state index < -0.39 is 17.6 Å². The second-order valence-electron chi connectivity index (χ2n) is 4.41. The highest BCUT2D eigenvalue weighted by atomic mass is 19.4. The van der Waals surface area contributed by atoms with Crippen LogP contribution >= 0.6 is 0 Å². The molecule has 0 saturated carbocycles. The van der Waals surface area contributed by atoms with E-state index >= 15 is 0 Å². The van der Waals surface area contributed by atoms with Gasteiger partial charge in [-0.15, -0.1) is 0 Å². The zero-order valence-corrected chi connectivity index (χ0v) is 10.4. The molecule has 0 unspecified atom stereocenters. The van der Waals surface area contributed by atoms with Crippen LogP contribution in [0.4, 0.5) is 23.2 Å². The van der Waals surface area contributed by atoms with Gasteiger partial charge in [0.2, 0.25) is 5.89 Å². The lowest BCUT2D eigenvalue weighted by atomic mass is 10.1. The van der Waals surface area contributed by atoms with E-state index in [-0.39, 0.29) is 22.6 Å². The van der Waals surface area contributed by atoms with Crippen LogP contribution < -0.4 is 5.73 Å². The average molecular weight is 296 g/mol. The number of rotatable bonds is 1. The van der Waals surface area contributed by atoms with E-state index in [1.165, 1.54) is 0 Å². The molecule has 2 N–H and O–H groups in total. The Morgan fingerprint density at radius 1 is 1.10 bits per heavy atom. The summed E-state index contributed by atoms with van der Waals surface area (Å²) in [6.45, 7) is 0. The molecular formula is C14H8F4N2O. The highest BCUT2D eigenvalue weighted by Crippen LogP contribution is 2.34. The maximum Gasteiger partial charge on any atom is 0.416 e. The monoisotopic (exact) mass is 296 g/mol. The Bertz CT molecular complexity index is 823. The number of halogens is 4. The van der Waals surface area contributed by atoms with Crippen LogP contribution in [0.2, 0.25) is 0 Å². The number of nitrogen functional groups attached to an aromatic ring is 1. The molecule has 0 spiro atoms. The minimum Gasteiger partial charge on any atom is -0.436 e. The fraction of sp³-hybridized carbons (Fsp3) is 0.0714. The van der Waals surface area contributed by atoms with Crippen LogP contribution in [0.25, 0.3) is 22.6 Å². The maximum absolute atomic E-state index is 13.8. The molecule has 108 valence electrons. The predicted molar refractivity (Wildman–Crippen MR) is 68.8 cm³/mol. The third-order valence-electron chi connectivity index (χ3n) is 2.97. The summed E-state index contributed by atoms with van der Waals surface area (Å²) in [6, 6.07) is 6.78. The van der Waals surface area contributed by atoms with Crippen molar-refractivity contribution in [3.8, 4) is 11.5 Å². The van der Waals surface area contributed by atoms with Crippen molar-refractivity contribution in [3.05, 3.63) is 47.8 Å². The van der Waals surface area contributed by atoms with Crippen molar-refractivity contribution in [1.29, 1.82) is 0 Å². The second-order valence-corrected chi connectivity index (χ2v) is 4.41. The topological polar surface area (TPSA) is 52.0 Å². The third-order valence-corrected chi connectivity index (χ3v) is 2.97. The summed E-state index contributed by atoms with van der Waals surface area (Å²) in [4.78, 5) is 3.97. The molecule has 0 aliphatic rings. The van der Waals surface area contributed by atoms with Crippen molar-refractivity contribution in [3.63, 3.8) is 0 Å². The molecule has 0 atom stereocenters. The van der Waals surface area contributed by atoms with Crippen molar-refractivity contribution in [2.75, 3.05) is 5.73 Å². The highest BCUT2D eigenvalue weighted by Gasteiger charge is 2.31. The number of nitrogens with zero attached hydrogens (tertiary/aromatic N) is 1. The van der Waals surface area contributed by atoms with E-state index in [9.17, 15) is 17.6 Å². The first-order valence-corrected chi connectivity index (χ1v) is 5.88. The van der Waals surface area contributed by atoms with Crippen LogP contribution in [0, 0.1) is 5.82 Å². The molecule has 0 amide bonds. The molecule has 0 saturated heterocycles. The molecular weight excluding hydrogens is 288 g/mol. The normalized spacial score (nSPS) is 12.0. The Morgan fingerprint density at radius 3 is 2.52 bits per heavy atom. The molecule has 3 aromatic rings. The molecule has 0 aliphatic heterocycles. The van der Waals surface area contributed by atoms with Gasteiger partial charge in [0, 0.05) is 0 Å². The number of fused-ring (bicyclic) bond motifs is 1. The zero-order chi connectivity index (χ0) is 15.2. The molecule has 1 heterocycles. The second kappa shape index (κ2) is 4.47. The van der Waals surface area contributed by atoms with E-state index in [4.69, 9.17) is 10.2 Å². The number of hydrogen-bond acceptors (Lipinski definition) is 3. The van der Waals surface area contributed by atoms with Gasteiger partial charge < -0.3 is 10.2 Å². The average Bonchev–Trinajstić information content (AvgIpc) is 2.83. The van der Waals surface area contributed by atoms with Gasteiger partial charge in [0.25, 0.3) is 0 Å². The van der Waals surface area contributed by atoms with Crippen molar-refractivity contribution in [2.24, 2.45) is 0 Å². The van der Waals surface area contributed by atoms with Crippen LogP contribution in [0.1, 0.15) is 5.56 Å². The van der Waals surface area contributed by atoms with Gasteiger partial charge >= 0.3 is 6.18 Å². The van der Waals surface area contributed by atoms with Gasteiger partial charge in [-0.1, -0.05) is 6.07 Å². The molecule has 21 heavy (non-hydrogen) atoms. The van der Waals surface area contributed by atoms with E-state index in [1.807, 2.05) is 0 Å². The number of benzene rings is 2. The number of hydrogen-bond donors (Lipinski definition) is 1. The highest BCUT2D eigenvalue weighted by molar-refractivity contribution is 5.87. The SMILES string of the molecule is Nc1cccc2oc(-c3cc(C(F)(F)F)ccc3F)nc12. The lowest BCUT2D eigenvalue weighted by Crippen LogP contribution is -2.05. The van der Waals surface area contributed by atoms with Crippen molar-refractivity contribution < 1.29 is 22.0 Å². The summed E-state index contributed by atoms with van der Waals surface area (Å²) in [5, 5.41) is 0. The molecule has 0 bridgehead atoms. The molecule has 0 aliphatic carbocycles. The zero-order valence-electron chi connectivity index (χ0n) is 10.4. The van der Waals surface area contributed by atoms with Gasteiger partial charge in [-0.05, 0) is 30.3 Å². The van der Waals surface area contributed by atoms with E-state index in [2.05, 4.69) is 4.98 Å². The van der Waals surface area contributed by atoms with Gasteiger partial charge in [0.1, 0.15) is 11.3 Å². The van der Waals surface area contributed by atoms with Crippen molar-refractivity contribution >= 4 is 16.8 Å². The largest absolute Gasteiger partial charge is 0.436 e. The molecule has 3 nitrogen and oxygen atoms in total. The third kappa shape index (κ3) is 2.31. The van der Waals surface area contributed by atoms with Gasteiger partial charge in [-0.2, -0.15) is 13.2 Å². The summed E-state index contributed by atoms with van der Waals surface area (Å²) < 4.78 is 57.1. The van der Waals surface area contributed by atoms with E-state index in [0.29, 0.717) is 17.8 Å². The maximum atomic E-state index is 13.8. The van der Waals surface area contributed by atoms with Crippen LogP contribution in [-0.2, 0) is 6.18 Å². The minimum absolute atomic E-state index is 0.244. The number of para-hydroxylation sites is 1. The van der Waals surface area contributed by atoms with Crippen LogP contribution in [-0.4, -0.2) is 4.98 Å².